The Kier molecular flexibility index (Phi) is 4.44. The van der Waals surface area contributed by atoms with Gasteiger partial charge in [0, 0.05) is 10.7 Å². The Morgan fingerprint density at radius 2 is 2.26 bits per heavy atom. The van der Waals surface area contributed by atoms with Crippen molar-refractivity contribution in [3.8, 4) is 5.75 Å². The van der Waals surface area contributed by atoms with Gasteiger partial charge in [0.2, 0.25) is 0 Å². The van der Waals surface area contributed by atoms with E-state index in [4.69, 9.17) is 16.3 Å². The second-order valence-electron chi connectivity index (χ2n) is 3.58. The number of nitrogens with zero attached hydrogens (tertiary/aromatic N) is 2. The summed E-state index contributed by atoms with van der Waals surface area (Å²) < 4.78 is 12.4. The molecule has 0 aliphatic rings. The predicted molar refractivity (Wildman–Crippen MR) is 73.3 cm³/mol. The largest absolute Gasteiger partial charge is 0.470 e. The molecule has 0 unspecified atom stereocenters. The fourth-order valence-electron chi connectivity index (χ4n) is 1.37. The molecule has 0 saturated carbocycles. The van der Waals surface area contributed by atoms with Crippen LogP contribution >= 0.6 is 27.5 Å². The normalized spacial score (nSPS) is 10.3. The topological polar surface area (TPSA) is 53.4 Å². The number of halogens is 2. The Hall–Kier alpha value is -1.53. The van der Waals surface area contributed by atoms with Crippen LogP contribution in [0.4, 0.5) is 0 Å². The van der Waals surface area contributed by atoms with Gasteiger partial charge in [0.05, 0.1) is 12.1 Å². The highest BCUT2D eigenvalue weighted by Gasteiger charge is 2.09. The smallest absolute Gasteiger partial charge is 0.358 e. The van der Waals surface area contributed by atoms with E-state index in [0.29, 0.717) is 10.8 Å². The molecule has 100 valence electrons. The molecule has 0 aliphatic carbocycles. The highest BCUT2D eigenvalue weighted by molar-refractivity contribution is 9.10. The molecule has 1 heterocycles. The summed E-state index contributed by atoms with van der Waals surface area (Å²) in [6, 6.07) is 6.86. The first-order valence-electron chi connectivity index (χ1n) is 5.30. The summed E-state index contributed by atoms with van der Waals surface area (Å²) in [5, 5.41) is 4.50. The predicted octanol–water partition coefficient (Wildman–Crippen LogP) is 3.12. The SMILES string of the molecule is COC(=O)c1ccn(COc2ccc(Br)cc2Cl)n1. The van der Waals surface area contributed by atoms with Gasteiger partial charge in [0.25, 0.3) is 0 Å². The lowest BCUT2D eigenvalue weighted by atomic mass is 10.3. The summed E-state index contributed by atoms with van der Waals surface area (Å²) in [6.07, 6.45) is 1.62. The zero-order chi connectivity index (χ0) is 13.8. The van der Waals surface area contributed by atoms with Gasteiger partial charge >= 0.3 is 5.97 Å². The Morgan fingerprint density at radius 3 is 2.95 bits per heavy atom. The lowest BCUT2D eigenvalue weighted by Crippen LogP contribution is -2.08. The first-order chi connectivity index (χ1) is 9.10. The molecule has 0 radical (unpaired) electrons. The van der Waals surface area contributed by atoms with E-state index in [9.17, 15) is 4.79 Å². The third kappa shape index (κ3) is 3.48. The van der Waals surface area contributed by atoms with Crippen molar-refractivity contribution in [2.24, 2.45) is 0 Å². The van der Waals surface area contributed by atoms with Gasteiger partial charge in [-0.15, -0.1) is 0 Å². The van der Waals surface area contributed by atoms with Crippen molar-refractivity contribution in [1.82, 2.24) is 9.78 Å². The van der Waals surface area contributed by atoms with Crippen LogP contribution in [0.15, 0.2) is 34.9 Å². The number of aromatic nitrogens is 2. The van der Waals surface area contributed by atoms with Gasteiger partial charge in [-0.2, -0.15) is 5.10 Å². The third-order valence-electron chi connectivity index (χ3n) is 2.28. The molecule has 1 aromatic heterocycles. The molecule has 0 bridgehead atoms. The van der Waals surface area contributed by atoms with Crippen molar-refractivity contribution >= 4 is 33.5 Å². The number of ether oxygens (including phenoxy) is 2. The van der Waals surface area contributed by atoms with Crippen molar-refractivity contribution < 1.29 is 14.3 Å². The van der Waals surface area contributed by atoms with Crippen molar-refractivity contribution in [2.75, 3.05) is 7.11 Å². The van der Waals surface area contributed by atoms with Gasteiger partial charge in [-0.05, 0) is 24.3 Å². The highest BCUT2D eigenvalue weighted by Crippen LogP contribution is 2.27. The molecule has 0 atom stereocenters. The summed E-state index contributed by atoms with van der Waals surface area (Å²) in [5.74, 6) is 0.0559. The van der Waals surface area contributed by atoms with E-state index < -0.39 is 5.97 Å². The van der Waals surface area contributed by atoms with Gasteiger partial charge in [0.1, 0.15) is 5.75 Å². The minimum absolute atomic E-state index is 0.151. The molecule has 5 nitrogen and oxygen atoms in total. The Labute approximate surface area is 123 Å². The van der Waals surface area contributed by atoms with E-state index in [-0.39, 0.29) is 12.4 Å². The lowest BCUT2D eigenvalue weighted by molar-refractivity contribution is 0.0592. The maximum Gasteiger partial charge on any atom is 0.358 e. The average Bonchev–Trinajstić information content (AvgIpc) is 2.85. The zero-order valence-electron chi connectivity index (χ0n) is 9.97. The summed E-state index contributed by atoms with van der Waals surface area (Å²) in [4.78, 5) is 11.2. The Balaban J connectivity index is 2.02. The molecular formula is C12H10BrClN2O3. The molecule has 0 saturated heterocycles. The minimum Gasteiger partial charge on any atom is -0.470 e. The van der Waals surface area contributed by atoms with E-state index in [1.165, 1.54) is 11.8 Å². The number of benzene rings is 1. The van der Waals surface area contributed by atoms with Crippen LogP contribution in [0.1, 0.15) is 10.5 Å². The summed E-state index contributed by atoms with van der Waals surface area (Å²) in [7, 11) is 1.31. The van der Waals surface area contributed by atoms with Crippen LogP contribution in [0.2, 0.25) is 5.02 Å². The molecular weight excluding hydrogens is 336 g/mol. The first-order valence-corrected chi connectivity index (χ1v) is 6.47. The van der Waals surface area contributed by atoms with Crippen molar-refractivity contribution in [3.05, 3.63) is 45.7 Å². The van der Waals surface area contributed by atoms with Gasteiger partial charge in [0.15, 0.2) is 12.4 Å². The molecule has 2 aromatic rings. The molecule has 0 amide bonds. The van der Waals surface area contributed by atoms with Crippen LogP contribution in [0, 0.1) is 0 Å². The van der Waals surface area contributed by atoms with Gasteiger partial charge in [-0.1, -0.05) is 27.5 Å². The second kappa shape index (κ2) is 6.08. The molecule has 0 spiro atoms. The van der Waals surface area contributed by atoms with Crippen LogP contribution in [0.3, 0.4) is 0 Å². The monoisotopic (exact) mass is 344 g/mol. The number of methoxy groups -OCH3 is 1. The first kappa shape index (κ1) is 13.9. The second-order valence-corrected chi connectivity index (χ2v) is 4.90. The van der Waals surface area contributed by atoms with Crippen molar-refractivity contribution in [3.63, 3.8) is 0 Å². The fourth-order valence-corrected chi connectivity index (χ4v) is 2.10. The van der Waals surface area contributed by atoms with Crippen LogP contribution in [0.5, 0.6) is 5.75 Å². The van der Waals surface area contributed by atoms with E-state index in [0.717, 1.165) is 4.47 Å². The number of hydrogen-bond donors (Lipinski definition) is 0. The van der Waals surface area contributed by atoms with Crippen molar-refractivity contribution in [2.45, 2.75) is 6.73 Å². The fraction of sp³-hybridized carbons (Fsp3) is 0.167. The highest BCUT2D eigenvalue weighted by atomic mass is 79.9. The quantitative estimate of drug-likeness (QED) is 0.799. The summed E-state index contributed by atoms with van der Waals surface area (Å²) >= 11 is 9.33. The Bertz CT molecular complexity index is 600. The number of carbonyl (C=O) groups excluding carboxylic acids is 1. The molecule has 0 fully saturated rings. The minimum atomic E-state index is -0.486. The standard InChI is InChI=1S/C12H10BrClN2O3/c1-18-12(17)10-4-5-16(15-10)7-19-11-3-2-8(13)6-9(11)14/h2-6H,7H2,1H3. The van der Waals surface area contributed by atoms with Crippen molar-refractivity contribution in [1.29, 1.82) is 0 Å². The molecule has 0 N–H and O–H groups in total. The maximum atomic E-state index is 11.2. The number of rotatable bonds is 4. The molecule has 1 aromatic carbocycles. The number of esters is 1. The molecule has 7 heteroatoms. The summed E-state index contributed by atoms with van der Waals surface area (Å²) in [5.41, 5.74) is 0.230. The molecule has 19 heavy (non-hydrogen) atoms. The van der Waals surface area contributed by atoms with E-state index >= 15 is 0 Å². The number of carbonyl (C=O) groups is 1. The van der Waals surface area contributed by atoms with Gasteiger partial charge in [-0.3, -0.25) is 0 Å². The average molecular weight is 346 g/mol. The number of hydrogen-bond acceptors (Lipinski definition) is 4. The van der Waals surface area contributed by atoms with Crippen LogP contribution in [-0.4, -0.2) is 22.9 Å². The van der Waals surface area contributed by atoms with Crippen LogP contribution in [-0.2, 0) is 11.5 Å². The van der Waals surface area contributed by atoms with Crippen LogP contribution in [0.25, 0.3) is 0 Å². The van der Waals surface area contributed by atoms with E-state index in [1.807, 2.05) is 6.07 Å². The molecule has 2 rings (SSSR count). The Morgan fingerprint density at radius 1 is 1.47 bits per heavy atom. The third-order valence-corrected chi connectivity index (χ3v) is 3.07. The maximum absolute atomic E-state index is 11.2. The van der Waals surface area contributed by atoms with Gasteiger partial charge < -0.3 is 9.47 Å². The lowest BCUT2D eigenvalue weighted by Gasteiger charge is -2.08. The van der Waals surface area contributed by atoms with E-state index in [2.05, 4.69) is 25.8 Å². The molecule has 0 aliphatic heterocycles. The van der Waals surface area contributed by atoms with Gasteiger partial charge in [-0.25, -0.2) is 9.48 Å². The summed E-state index contributed by atoms with van der Waals surface area (Å²) in [6.45, 7) is 0.151. The zero-order valence-corrected chi connectivity index (χ0v) is 12.3. The van der Waals surface area contributed by atoms with E-state index in [1.54, 1.807) is 24.4 Å². The van der Waals surface area contributed by atoms with Crippen LogP contribution < -0.4 is 4.74 Å².